The van der Waals surface area contributed by atoms with Gasteiger partial charge in [0, 0.05) is 22.3 Å². The van der Waals surface area contributed by atoms with Crippen LogP contribution in [0.25, 0.3) is 11.1 Å². The van der Waals surface area contributed by atoms with Crippen molar-refractivity contribution in [2.24, 2.45) is 0 Å². The summed E-state index contributed by atoms with van der Waals surface area (Å²) in [6.45, 7) is 0. The number of nitrogens with zero attached hydrogens (tertiary/aromatic N) is 1. The van der Waals surface area contributed by atoms with Gasteiger partial charge in [0.2, 0.25) is 0 Å². The summed E-state index contributed by atoms with van der Waals surface area (Å²) in [7, 11) is 0. The van der Waals surface area contributed by atoms with Crippen LogP contribution in [0, 0.1) is 6.20 Å². The van der Waals surface area contributed by atoms with E-state index in [9.17, 15) is 0 Å². The van der Waals surface area contributed by atoms with Gasteiger partial charge in [-0.05, 0) is 12.1 Å². The lowest BCUT2D eigenvalue weighted by Gasteiger charge is -2.04. The van der Waals surface area contributed by atoms with Gasteiger partial charge in [0.15, 0.2) is 0 Å². The van der Waals surface area contributed by atoms with Gasteiger partial charge in [-0.25, -0.2) is 0 Å². The zero-order valence-corrected chi connectivity index (χ0v) is 8.68. The maximum absolute atomic E-state index is 6.04. The molecule has 1 heterocycles. The molecule has 1 radical (unpaired) electrons. The molecule has 0 saturated carbocycles. The number of hydrogen-bond acceptors (Lipinski definition) is 1. The molecule has 0 aliphatic heterocycles. The molecule has 0 atom stereocenters. The van der Waals surface area contributed by atoms with Crippen molar-refractivity contribution in [2.45, 2.75) is 0 Å². The highest BCUT2D eigenvalue weighted by Gasteiger charge is 2.06. The molecule has 2 rings (SSSR count). The first-order chi connectivity index (χ1) is 6.79. The second kappa shape index (κ2) is 3.99. The Morgan fingerprint density at radius 3 is 2.50 bits per heavy atom. The van der Waals surface area contributed by atoms with Gasteiger partial charge >= 0.3 is 0 Å². The lowest BCUT2D eigenvalue weighted by atomic mass is 10.1. The highest BCUT2D eigenvalue weighted by atomic mass is 35.5. The lowest BCUT2D eigenvalue weighted by molar-refractivity contribution is 1.31. The molecule has 1 aromatic carbocycles. The maximum Gasteiger partial charge on any atom is 0.109 e. The van der Waals surface area contributed by atoms with Crippen molar-refractivity contribution in [3.05, 3.63) is 52.8 Å². The highest BCUT2D eigenvalue weighted by Crippen LogP contribution is 2.31. The summed E-state index contributed by atoms with van der Waals surface area (Å²) in [5.74, 6) is 0. The van der Waals surface area contributed by atoms with Crippen LogP contribution in [0.5, 0.6) is 0 Å². The minimum absolute atomic E-state index is 0.487. The van der Waals surface area contributed by atoms with Gasteiger partial charge in [0.05, 0.1) is 5.02 Å². The van der Waals surface area contributed by atoms with Crippen LogP contribution in [-0.2, 0) is 0 Å². The zero-order valence-electron chi connectivity index (χ0n) is 7.17. The van der Waals surface area contributed by atoms with Crippen molar-refractivity contribution in [1.29, 1.82) is 0 Å². The first-order valence-electron chi connectivity index (χ1n) is 4.06. The summed E-state index contributed by atoms with van der Waals surface area (Å²) >= 11 is 12.0. The van der Waals surface area contributed by atoms with E-state index < -0.39 is 0 Å². The SMILES string of the molecule is Clc1[c]nccc1-c1ccccc1Cl. The summed E-state index contributed by atoms with van der Waals surface area (Å²) in [5.41, 5.74) is 1.75. The molecule has 1 nitrogen and oxygen atoms in total. The average molecular weight is 223 g/mol. The van der Waals surface area contributed by atoms with E-state index in [1.165, 1.54) is 0 Å². The second-order valence-corrected chi connectivity index (χ2v) is 3.55. The molecule has 0 fully saturated rings. The fourth-order valence-electron chi connectivity index (χ4n) is 1.23. The van der Waals surface area contributed by atoms with Crippen LogP contribution in [0.15, 0.2) is 36.5 Å². The summed E-state index contributed by atoms with van der Waals surface area (Å²) < 4.78 is 0. The van der Waals surface area contributed by atoms with E-state index in [0.717, 1.165) is 11.1 Å². The monoisotopic (exact) mass is 222 g/mol. The number of halogens is 2. The van der Waals surface area contributed by atoms with Crippen LogP contribution in [0.4, 0.5) is 0 Å². The van der Waals surface area contributed by atoms with Crippen molar-refractivity contribution in [1.82, 2.24) is 4.98 Å². The minimum Gasteiger partial charge on any atom is -0.253 e. The Morgan fingerprint density at radius 2 is 1.79 bits per heavy atom. The van der Waals surface area contributed by atoms with E-state index in [1.807, 2.05) is 30.3 Å². The third-order valence-electron chi connectivity index (χ3n) is 1.88. The van der Waals surface area contributed by atoms with E-state index in [2.05, 4.69) is 11.2 Å². The molecule has 3 heteroatoms. The predicted octanol–water partition coefficient (Wildman–Crippen LogP) is 3.86. The zero-order chi connectivity index (χ0) is 9.97. The fraction of sp³-hybridized carbons (Fsp3) is 0. The van der Waals surface area contributed by atoms with Gasteiger partial charge in [0.25, 0.3) is 0 Å². The van der Waals surface area contributed by atoms with Crippen LogP contribution in [0.3, 0.4) is 0 Å². The smallest absolute Gasteiger partial charge is 0.109 e. The third-order valence-corrected chi connectivity index (χ3v) is 2.50. The molecular weight excluding hydrogens is 217 g/mol. The van der Waals surface area contributed by atoms with Gasteiger partial charge in [-0.1, -0.05) is 41.4 Å². The van der Waals surface area contributed by atoms with Crippen molar-refractivity contribution in [3.63, 3.8) is 0 Å². The maximum atomic E-state index is 6.04. The second-order valence-electron chi connectivity index (χ2n) is 2.76. The van der Waals surface area contributed by atoms with Crippen LogP contribution in [0.2, 0.25) is 10.0 Å². The van der Waals surface area contributed by atoms with Crippen molar-refractivity contribution < 1.29 is 0 Å². The molecule has 0 spiro atoms. The summed E-state index contributed by atoms with van der Waals surface area (Å²) in [6.07, 6.45) is 4.33. The van der Waals surface area contributed by atoms with Gasteiger partial charge in [-0.3, -0.25) is 4.98 Å². The molecule has 0 unspecified atom stereocenters. The van der Waals surface area contributed by atoms with Crippen molar-refractivity contribution >= 4 is 23.2 Å². The van der Waals surface area contributed by atoms with E-state index in [1.54, 1.807) is 6.20 Å². The normalized spacial score (nSPS) is 10.1. The van der Waals surface area contributed by atoms with Gasteiger partial charge in [0.1, 0.15) is 6.20 Å². The number of benzene rings is 1. The molecule has 0 aliphatic rings. The molecule has 69 valence electrons. The predicted molar refractivity (Wildman–Crippen MR) is 58.5 cm³/mol. The first kappa shape index (κ1) is 9.50. The van der Waals surface area contributed by atoms with Crippen LogP contribution < -0.4 is 0 Å². The van der Waals surface area contributed by atoms with E-state index in [-0.39, 0.29) is 0 Å². The number of rotatable bonds is 1. The summed E-state index contributed by atoms with van der Waals surface area (Å²) in [6, 6.07) is 9.35. The van der Waals surface area contributed by atoms with Gasteiger partial charge in [-0.2, -0.15) is 0 Å². The van der Waals surface area contributed by atoms with Crippen molar-refractivity contribution in [2.75, 3.05) is 0 Å². The minimum atomic E-state index is 0.487. The summed E-state index contributed by atoms with van der Waals surface area (Å²) in [5, 5.41) is 1.16. The van der Waals surface area contributed by atoms with E-state index >= 15 is 0 Å². The largest absolute Gasteiger partial charge is 0.253 e. The fourth-order valence-corrected chi connectivity index (χ4v) is 1.68. The number of pyridine rings is 1. The molecule has 1 aromatic heterocycles. The molecule has 14 heavy (non-hydrogen) atoms. The molecule has 2 aromatic rings. The lowest BCUT2D eigenvalue weighted by Crippen LogP contribution is -1.82. The van der Waals surface area contributed by atoms with Gasteiger partial charge in [-0.15, -0.1) is 0 Å². The Bertz CT molecular complexity index is 411. The molecule has 0 aliphatic carbocycles. The molecule has 0 N–H and O–H groups in total. The first-order valence-corrected chi connectivity index (χ1v) is 4.82. The highest BCUT2D eigenvalue weighted by molar-refractivity contribution is 6.36. The standard InChI is InChI=1S/C11H6Cl2N/c12-10-4-2-1-3-8(10)9-5-6-14-7-11(9)13/h1-6H. The Morgan fingerprint density at radius 1 is 1.00 bits per heavy atom. The Labute approximate surface area is 92.3 Å². The number of hydrogen-bond donors (Lipinski definition) is 0. The van der Waals surface area contributed by atoms with Crippen LogP contribution >= 0.6 is 23.2 Å². The molecule has 0 bridgehead atoms. The van der Waals surface area contributed by atoms with Gasteiger partial charge < -0.3 is 0 Å². The quantitative estimate of drug-likeness (QED) is 0.715. The molecule has 0 saturated heterocycles. The molecular formula is C11H6Cl2N. The van der Waals surface area contributed by atoms with Crippen LogP contribution in [-0.4, -0.2) is 4.98 Å². The Kier molecular flexibility index (Phi) is 2.71. The summed E-state index contributed by atoms with van der Waals surface area (Å²) in [4.78, 5) is 3.80. The third kappa shape index (κ3) is 1.74. The topological polar surface area (TPSA) is 12.9 Å². The van der Waals surface area contributed by atoms with E-state index in [0.29, 0.717) is 10.0 Å². The van der Waals surface area contributed by atoms with E-state index in [4.69, 9.17) is 23.2 Å². The van der Waals surface area contributed by atoms with Crippen LogP contribution in [0.1, 0.15) is 0 Å². The molecule has 0 amide bonds. The number of aromatic nitrogens is 1. The Hall–Kier alpha value is -1.05. The van der Waals surface area contributed by atoms with Crippen molar-refractivity contribution in [3.8, 4) is 11.1 Å². The Balaban J connectivity index is 2.61. The average Bonchev–Trinajstić information content (AvgIpc) is 2.20.